The van der Waals surface area contributed by atoms with Gasteiger partial charge in [-0.15, -0.1) is 0 Å². The minimum absolute atomic E-state index is 0.295. The molecular formula is C9H17N3O. The molecule has 1 aromatic heterocycles. The van der Waals surface area contributed by atoms with Crippen LogP contribution in [0.5, 0.6) is 0 Å². The van der Waals surface area contributed by atoms with E-state index in [1.807, 2.05) is 10.8 Å². The Kier molecular flexibility index (Phi) is 3.92. The van der Waals surface area contributed by atoms with Gasteiger partial charge in [0.1, 0.15) is 5.82 Å². The Bertz CT molecular complexity index is 247. The molecule has 0 amide bonds. The molecule has 0 spiro atoms. The highest BCUT2D eigenvalue weighted by molar-refractivity contribution is 4.92. The van der Waals surface area contributed by atoms with Gasteiger partial charge < -0.3 is 15.4 Å². The fraction of sp³-hybridized carbons (Fsp3) is 0.667. The van der Waals surface area contributed by atoms with Gasteiger partial charge in [0.05, 0.1) is 12.6 Å². The largest absolute Gasteiger partial charge is 0.390 e. The number of hydrogen-bond donors (Lipinski definition) is 2. The minimum Gasteiger partial charge on any atom is -0.390 e. The van der Waals surface area contributed by atoms with E-state index in [2.05, 4.69) is 11.9 Å². The summed E-state index contributed by atoms with van der Waals surface area (Å²) in [6, 6.07) is 0. The molecule has 1 heterocycles. The predicted molar refractivity (Wildman–Crippen MR) is 51.3 cm³/mol. The second kappa shape index (κ2) is 4.99. The Morgan fingerprint density at radius 3 is 3.08 bits per heavy atom. The Balaban J connectivity index is 2.59. The van der Waals surface area contributed by atoms with Crippen molar-refractivity contribution in [1.29, 1.82) is 0 Å². The first-order valence-electron chi connectivity index (χ1n) is 4.66. The van der Waals surface area contributed by atoms with Crippen LogP contribution in [0.25, 0.3) is 0 Å². The summed E-state index contributed by atoms with van der Waals surface area (Å²) < 4.78 is 1.96. The second-order valence-corrected chi connectivity index (χ2v) is 3.14. The summed E-state index contributed by atoms with van der Waals surface area (Å²) in [6.45, 7) is 2.95. The third kappa shape index (κ3) is 2.82. The molecular weight excluding hydrogens is 166 g/mol. The molecule has 13 heavy (non-hydrogen) atoms. The molecule has 0 bridgehead atoms. The highest BCUT2D eigenvalue weighted by Gasteiger charge is 2.06. The van der Waals surface area contributed by atoms with Gasteiger partial charge in [-0.25, -0.2) is 4.98 Å². The van der Waals surface area contributed by atoms with Gasteiger partial charge >= 0.3 is 0 Å². The van der Waals surface area contributed by atoms with Crippen molar-refractivity contribution >= 4 is 0 Å². The zero-order valence-corrected chi connectivity index (χ0v) is 7.98. The quantitative estimate of drug-likeness (QED) is 0.683. The predicted octanol–water partition coefficient (Wildman–Crippen LogP) is 0.155. The number of nitrogens with zero attached hydrogens (tertiary/aromatic N) is 2. The molecule has 1 rings (SSSR count). The minimum atomic E-state index is -0.468. The normalized spacial score (nSPS) is 13.2. The topological polar surface area (TPSA) is 64.1 Å². The Morgan fingerprint density at radius 1 is 1.69 bits per heavy atom. The van der Waals surface area contributed by atoms with Gasteiger partial charge in [0, 0.05) is 25.4 Å². The Hall–Kier alpha value is -0.870. The number of imidazole rings is 1. The first kappa shape index (κ1) is 10.2. The van der Waals surface area contributed by atoms with Crippen LogP contribution in [0.4, 0.5) is 0 Å². The first-order valence-corrected chi connectivity index (χ1v) is 4.66. The smallest absolute Gasteiger partial charge is 0.108 e. The van der Waals surface area contributed by atoms with Crippen molar-refractivity contribution in [3.8, 4) is 0 Å². The van der Waals surface area contributed by atoms with Crippen LogP contribution in [0.1, 0.15) is 19.2 Å². The molecule has 1 atom stereocenters. The van der Waals surface area contributed by atoms with E-state index in [9.17, 15) is 5.11 Å². The fourth-order valence-corrected chi connectivity index (χ4v) is 1.26. The summed E-state index contributed by atoms with van der Waals surface area (Å²) in [6.07, 6.45) is 5.18. The third-order valence-corrected chi connectivity index (χ3v) is 1.95. The number of nitrogens with two attached hydrogens (primary N) is 1. The lowest BCUT2D eigenvalue weighted by Gasteiger charge is -2.10. The number of aliphatic hydroxyl groups excluding tert-OH is 1. The summed E-state index contributed by atoms with van der Waals surface area (Å²) in [7, 11) is 0. The molecule has 0 aliphatic rings. The van der Waals surface area contributed by atoms with E-state index < -0.39 is 6.10 Å². The van der Waals surface area contributed by atoms with E-state index >= 15 is 0 Å². The number of hydrogen-bond acceptors (Lipinski definition) is 3. The summed E-state index contributed by atoms with van der Waals surface area (Å²) in [4.78, 5) is 4.20. The summed E-state index contributed by atoms with van der Waals surface area (Å²) in [5.74, 6) is 1.02. The Labute approximate surface area is 78.4 Å². The van der Waals surface area contributed by atoms with Crippen molar-refractivity contribution in [2.45, 2.75) is 32.4 Å². The lowest BCUT2D eigenvalue weighted by molar-refractivity contribution is 0.161. The van der Waals surface area contributed by atoms with E-state index in [0.29, 0.717) is 13.1 Å². The van der Waals surface area contributed by atoms with Crippen molar-refractivity contribution in [2.75, 3.05) is 6.54 Å². The van der Waals surface area contributed by atoms with Crippen molar-refractivity contribution in [2.24, 2.45) is 5.73 Å². The van der Waals surface area contributed by atoms with Gasteiger partial charge in [0.2, 0.25) is 0 Å². The second-order valence-electron chi connectivity index (χ2n) is 3.14. The number of aliphatic hydroxyl groups is 1. The molecule has 74 valence electrons. The van der Waals surface area contributed by atoms with Crippen molar-refractivity contribution < 1.29 is 5.11 Å². The van der Waals surface area contributed by atoms with Crippen LogP contribution in [0.2, 0.25) is 0 Å². The number of rotatable bonds is 5. The van der Waals surface area contributed by atoms with Crippen LogP contribution in [0.3, 0.4) is 0 Å². The van der Waals surface area contributed by atoms with Crippen LogP contribution < -0.4 is 5.73 Å². The number of aromatic nitrogens is 2. The van der Waals surface area contributed by atoms with Crippen LogP contribution in [0, 0.1) is 0 Å². The zero-order chi connectivity index (χ0) is 9.68. The third-order valence-electron chi connectivity index (χ3n) is 1.95. The molecule has 4 heteroatoms. The highest BCUT2D eigenvalue weighted by atomic mass is 16.3. The van der Waals surface area contributed by atoms with E-state index in [1.165, 1.54) is 0 Å². The van der Waals surface area contributed by atoms with Crippen LogP contribution >= 0.6 is 0 Å². The molecule has 0 saturated heterocycles. The summed E-state index contributed by atoms with van der Waals surface area (Å²) in [5, 5.41) is 9.35. The summed E-state index contributed by atoms with van der Waals surface area (Å²) >= 11 is 0. The van der Waals surface area contributed by atoms with Crippen LogP contribution in [-0.4, -0.2) is 27.3 Å². The first-order chi connectivity index (χ1) is 6.27. The van der Waals surface area contributed by atoms with Gasteiger partial charge in [-0.1, -0.05) is 6.92 Å². The Morgan fingerprint density at radius 2 is 2.46 bits per heavy atom. The average molecular weight is 183 g/mol. The molecule has 0 fully saturated rings. The maximum Gasteiger partial charge on any atom is 0.108 e. The van der Waals surface area contributed by atoms with Gasteiger partial charge in [-0.3, -0.25) is 0 Å². The molecule has 1 unspecified atom stereocenters. The van der Waals surface area contributed by atoms with Crippen LogP contribution in [-0.2, 0) is 13.0 Å². The van der Waals surface area contributed by atoms with E-state index in [0.717, 1.165) is 18.7 Å². The maximum atomic E-state index is 9.35. The molecule has 0 aliphatic heterocycles. The fourth-order valence-electron chi connectivity index (χ4n) is 1.26. The van der Waals surface area contributed by atoms with E-state index in [1.54, 1.807) is 6.20 Å². The zero-order valence-electron chi connectivity index (χ0n) is 7.98. The molecule has 0 aromatic carbocycles. The van der Waals surface area contributed by atoms with Gasteiger partial charge in [-0.2, -0.15) is 0 Å². The van der Waals surface area contributed by atoms with E-state index in [4.69, 9.17) is 5.73 Å². The standard InChI is InChI=1S/C9H17N3O/c1-2-3-9-11-4-5-12(9)7-8(13)6-10/h4-5,8,13H,2-3,6-7,10H2,1H3. The average Bonchev–Trinajstić information content (AvgIpc) is 2.54. The van der Waals surface area contributed by atoms with Gasteiger partial charge in [0.25, 0.3) is 0 Å². The monoisotopic (exact) mass is 183 g/mol. The molecule has 0 saturated carbocycles. The molecule has 0 radical (unpaired) electrons. The van der Waals surface area contributed by atoms with Gasteiger partial charge in [-0.05, 0) is 6.42 Å². The van der Waals surface area contributed by atoms with Crippen molar-refractivity contribution in [3.05, 3.63) is 18.2 Å². The lowest BCUT2D eigenvalue weighted by Crippen LogP contribution is -2.25. The SMILES string of the molecule is CCCc1nccn1CC(O)CN. The maximum absolute atomic E-state index is 9.35. The molecule has 3 N–H and O–H groups in total. The van der Waals surface area contributed by atoms with E-state index in [-0.39, 0.29) is 0 Å². The van der Waals surface area contributed by atoms with Crippen LogP contribution in [0.15, 0.2) is 12.4 Å². The molecule has 1 aromatic rings. The number of aryl methyl sites for hydroxylation is 1. The van der Waals surface area contributed by atoms with Gasteiger partial charge in [0.15, 0.2) is 0 Å². The molecule has 4 nitrogen and oxygen atoms in total. The lowest BCUT2D eigenvalue weighted by atomic mass is 10.3. The van der Waals surface area contributed by atoms with Crippen molar-refractivity contribution in [1.82, 2.24) is 9.55 Å². The molecule has 0 aliphatic carbocycles. The summed E-state index contributed by atoms with van der Waals surface area (Å²) in [5.41, 5.74) is 5.33. The highest BCUT2D eigenvalue weighted by Crippen LogP contribution is 2.02. The van der Waals surface area contributed by atoms with Crippen molar-refractivity contribution in [3.63, 3.8) is 0 Å².